The number of para-hydroxylation sites is 1. The third-order valence-electron chi connectivity index (χ3n) is 5.03. The van der Waals surface area contributed by atoms with Crippen molar-refractivity contribution in [3.05, 3.63) is 88.7 Å². The molecule has 31 heavy (non-hydrogen) atoms. The van der Waals surface area contributed by atoms with Crippen molar-refractivity contribution < 1.29 is 9.59 Å². The molecule has 0 saturated carbocycles. The van der Waals surface area contributed by atoms with Crippen LogP contribution in [0.15, 0.2) is 72.0 Å². The van der Waals surface area contributed by atoms with Crippen molar-refractivity contribution in [3.63, 3.8) is 0 Å². The second kappa shape index (κ2) is 7.06. The molecular weight excluding hydrogens is 396 g/mol. The summed E-state index contributed by atoms with van der Waals surface area (Å²) in [6, 6.07) is 14.8. The van der Waals surface area contributed by atoms with Gasteiger partial charge in [0.1, 0.15) is 11.7 Å². The highest BCUT2D eigenvalue weighted by Gasteiger charge is 2.21. The second-order valence-corrected chi connectivity index (χ2v) is 7.07. The smallest absolute Gasteiger partial charge is 0.311 e. The monoisotopic (exact) mass is 412 g/mol. The summed E-state index contributed by atoms with van der Waals surface area (Å²) in [7, 11) is 0. The topological polar surface area (TPSA) is 115 Å². The van der Waals surface area contributed by atoms with E-state index in [4.69, 9.17) is 0 Å². The Labute approximate surface area is 174 Å². The maximum Gasteiger partial charge on any atom is 0.311 e. The standard InChI is InChI=1S/C22H16N6O3/c1-13-6-8-14(9-7-13)28-20-17(11-25-28)22(31)27(12-24-20)26-21(30)19(29)16-10-23-18-5-3-2-4-15(16)18/h2-12,23H,1H3,(H,26,30). The van der Waals surface area contributed by atoms with E-state index in [0.29, 0.717) is 11.0 Å². The molecule has 5 aromatic rings. The molecule has 2 N–H and O–H groups in total. The molecule has 0 bridgehead atoms. The molecule has 0 saturated heterocycles. The second-order valence-electron chi connectivity index (χ2n) is 7.07. The summed E-state index contributed by atoms with van der Waals surface area (Å²) >= 11 is 0. The number of benzene rings is 2. The molecule has 0 aliphatic rings. The molecule has 1 amide bonds. The van der Waals surface area contributed by atoms with Gasteiger partial charge < -0.3 is 4.98 Å². The largest absolute Gasteiger partial charge is 0.360 e. The van der Waals surface area contributed by atoms with Crippen LogP contribution in [0.5, 0.6) is 0 Å². The van der Waals surface area contributed by atoms with E-state index in [1.807, 2.05) is 37.3 Å². The summed E-state index contributed by atoms with van der Waals surface area (Å²) in [5, 5.41) is 5.08. The minimum absolute atomic E-state index is 0.211. The maximum atomic E-state index is 12.8. The lowest BCUT2D eigenvalue weighted by atomic mass is 10.1. The molecule has 0 aliphatic heterocycles. The Hall–Kier alpha value is -4.53. The minimum atomic E-state index is -0.945. The van der Waals surface area contributed by atoms with Crippen LogP contribution in [0.2, 0.25) is 0 Å². The highest BCUT2D eigenvalue weighted by molar-refractivity contribution is 6.47. The number of hydrogen-bond donors (Lipinski definition) is 2. The van der Waals surface area contributed by atoms with Crippen LogP contribution in [-0.4, -0.2) is 36.1 Å². The molecule has 152 valence electrons. The number of nitrogens with one attached hydrogen (secondary N) is 2. The Morgan fingerprint density at radius 1 is 1.03 bits per heavy atom. The lowest BCUT2D eigenvalue weighted by Crippen LogP contribution is -2.36. The van der Waals surface area contributed by atoms with E-state index in [1.165, 1.54) is 12.4 Å². The molecule has 9 nitrogen and oxygen atoms in total. The predicted molar refractivity (Wildman–Crippen MR) is 115 cm³/mol. The Bertz CT molecular complexity index is 1520. The predicted octanol–water partition coefficient (Wildman–Crippen LogP) is 2.32. The van der Waals surface area contributed by atoms with E-state index in [1.54, 1.807) is 22.9 Å². The van der Waals surface area contributed by atoms with Crippen LogP contribution >= 0.6 is 0 Å². The van der Waals surface area contributed by atoms with Gasteiger partial charge in [-0.3, -0.25) is 19.8 Å². The number of fused-ring (bicyclic) bond motifs is 2. The number of aromatic nitrogens is 5. The zero-order chi connectivity index (χ0) is 21.5. The van der Waals surface area contributed by atoms with E-state index in [0.717, 1.165) is 27.8 Å². The number of nitrogens with zero attached hydrogens (tertiary/aromatic N) is 4. The molecule has 0 radical (unpaired) electrons. The summed E-state index contributed by atoms with van der Waals surface area (Å²) in [6.07, 6.45) is 4.02. The summed E-state index contributed by atoms with van der Waals surface area (Å²) in [5.41, 5.74) is 4.94. The number of H-pyrrole nitrogens is 1. The fourth-order valence-electron chi connectivity index (χ4n) is 3.41. The van der Waals surface area contributed by atoms with Crippen molar-refractivity contribution >= 4 is 33.6 Å². The number of hydrogen-bond acceptors (Lipinski definition) is 5. The molecule has 0 spiro atoms. The highest BCUT2D eigenvalue weighted by atomic mass is 16.2. The number of ketones is 1. The first kappa shape index (κ1) is 18.5. The number of carbonyl (C=O) groups excluding carboxylic acids is 2. The van der Waals surface area contributed by atoms with Gasteiger partial charge in [-0.1, -0.05) is 35.9 Å². The van der Waals surface area contributed by atoms with Crippen LogP contribution in [-0.2, 0) is 4.79 Å². The van der Waals surface area contributed by atoms with Crippen molar-refractivity contribution in [2.45, 2.75) is 6.92 Å². The summed E-state index contributed by atoms with van der Waals surface area (Å²) in [4.78, 5) is 45.2. The van der Waals surface area contributed by atoms with E-state index in [2.05, 4.69) is 20.5 Å². The van der Waals surface area contributed by atoms with Crippen LogP contribution in [0.1, 0.15) is 15.9 Å². The van der Waals surface area contributed by atoms with E-state index in [-0.39, 0.29) is 10.9 Å². The van der Waals surface area contributed by atoms with Crippen LogP contribution in [0.3, 0.4) is 0 Å². The lowest BCUT2D eigenvalue weighted by Gasteiger charge is -2.07. The van der Waals surface area contributed by atoms with Crippen molar-refractivity contribution in [1.29, 1.82) is 0 Å². The van der Waals surface area contributed by atoms with Crippen LogP contribution in [0.4, 0.5) is 0 Å². The number of Topliss-reactive ketones (excluding diaryl/α,β-unsaturated/α-hetero) is 1. The maximum absolute atomic E-state index is 12.8. The number of aromatic amines is 1. The quantitative estimate of drug-likeness (QED) is 0.347. The Kier molecular flexibility index (Phi) is 4.21. The molecule has 3 heterocycles. The van der Waals surface area contributed by atoms with Gasteiger partial charge in [0.2, 0.25) is 0 Å². The van der Waals surface area contributed by atoms with E-state index >= 15 is 0 Å². The van der Waals surface area contributed by atoms with Gasteiger partial charge in [-0.25, -0.2) is 14.3 Å². The Morgan fingerprint density at radius 2 is 1.81 bits per heavy atom. The fourth-order valence-corrected chi connectivity index (χ4v) is 3.41. The van der Waals surface area contributed by atoms with E-state index in [9.17, 15) is 14.4 Å². The molecule has 2 aromatic carbocycles. The van der Waals surface area contributed by atoms with Crippen molar-refractivity contribution in [2.75, 3.05) is 5.43 Å². The van der Waals surface area contributed by atoms with Crippen molar-refractivity contribution in [3.8, 4) is 5.69 Å². The first-order valence-corrected chi connectivity index (χ1v) is 9.47. The van der Waals surface area contributed by atoms with Crippen molar-refractivity contribution in [2.24, 2.45) is 0 Å². The Morgan fingerprint density at radius 3 is 2.61 bits per heavy atom. The van der Waals surface area contributed by atoms with Gasteiger partial charge >= 0.3 is 5.91 Å². The average molecular weight is 412 g/mol. The SMILES string of the molecule is Cc1ccc(-n2ncc3c(=O)n(NC(=O)C(=O)c4c[nH]c5ccccc45)cnc32)cc1. The molecule has 0 unspecified atom stereocenters. The van der Waals surface area contributed by atoms with Crippen molar-refractivity contribution in [1.82, 2.24) is 24.4 Å². The van der Waals surface area contributed by atoms with Gasteiger partial charge in [0.25, 0.3) is 11.3 Å². The van der Waals surface area contributed by atoms with Gasteiger partial charge in [-0.2, -0.15) is 5.10 Å². The molecule has 3 aromatic heterocycles. The normalized spacial score (nSPS) is 11.1. The van der Waals surface area contributed by atoms with Gasteiger partial charge in [0, 0.05) is 17.1 Å². The first-order valence-electron chi connectivity index (χ1n) is 9.47. The first-order chi connectivity index (χ1) is 15.0. The Balaban J connectivity index is 1.46. The zero-order valence-electron chi connectivity index (χ0n) is 16.4. The van der Waals surface area contributed by atoms with Gasteiger partial charge in [-0.15, -0.1) is 0 Å². The third kappa shape index (κ3) is 3.08. The van der Waals surface area contributed by atoms with Crippen LogP contribution in [0, 0.1) is 6.92 Å². The van der Waals surface area contributed by atoms with Gasteiger partial charge in [-0.05, 0) is 25.1 Å². The summed E-state index contributed by atoms with van der Waals surface area (Å²) in [6.45, 7) is 1.97. The van der Waals surface area contributed by atoms with Crippen LogP contribution < -0.4 is 11.0 Å². The number of carbonyl (C=O) groups is 2. The molecule has 0 fully saturated rings. The third-order valence-corrected chi connectivity index (χ3v) is 5.03. The zero-order valence-corrected chi connectivity index (χ0v) is 16.4. The molecule has 0 atom stereocenters. The lowest BCUT2D eigenvalue weighted by molar-refractivity contribution is -0.113. The number of rotatable bonds is 4. The van der Waals surface area contributed by atoms with Crippen LogP contribution in [0.25, 0.3) is 27.6 Å². The molecule has 9 heteroatoms. The number of aryl methyl sites for hydroxylation is 1. The molecule has 0 aliphatic carbocycles. The molecular formula is C22H16N6O3. The highest BCUT2D eigenvalue weighted by Crippen LogP contribution is 2.18. The van der Waals surface area contributed by atoms with Gasteiger partial charge in [0.05, 0.1) is 17.4 Å². The summed E-state index contributed by atoms with van der Waals surface area (Å²) < 4.78 is 2.43. The minimum Gasteiger partial charge on any atom is -0.360 e. The van der Waals surface area contributed by atoms with E-state index < -0.39 is 17.2 Å². The fraction of sp³-hybridized carbons (Fsp3) is 0.0455. The average Bonchev–Trinajstić information content (AvgIpc) is 3.40. The molecule has 5 rings (SSSR count). The van der Waals surface area contributed by atoms with Gasteiger partial charge in [0.15, 0.2) is 5.65 Å². The number of amides is 1. The summed E-state index contributed by atoms with van der Waals surface area (Å²) in [5.74, 6) is -1.71.